The summed E-state index contributed by atoms with van der Waals surface area (Å²) in [4.78, 5) is 32.0. The van der Waals surface area contributed by atoms with Gasteiger partial charge in [0.05, 0.1) is 0 Å². The number of hydrogen-bond donors (Lipinski definition) is 0. The molecule has 0 unspecified atom stereocenters. The van der Waals surface area contributed by atoms with Crippen LogP contribution in [0.15, 0.2) is 18.2 Å². The molecule has 142 valence electrons. The topological polar surface area (TPSA) is 43.9 Å². The SMILES string of the molecule is CCN(CC)C(=O)C1(C(=O)N2CCN(c3cccc(C)c3C)CC2)CC1. The van der Waals surface area contributed by atoms with E-state index in [0.717, 1.165) is 13.1 Å². The van der Waals surface area contributed by atoms with E-state index in [1.807, 2.05) is 18.7 Å². The fraction of sp³-hybridized carbons (Fsp3) is 0.619. The Kier molecular flexibility index (Phi) is 5.26. The smallest absolute Gasteiger partial charge is 0.238 e. The summed E-state index contributed by atoms with van der Waals surface area (Å²) in [6.45, 7) is 12.6. The molecule has 1 aromatic carbocycles. The van der Waals surface area contributed by atoms with E-state index in [9.17, 15) is 9.59 Å². The van der Waals surface area contributed by atoms with Crippen LogP contribution in [0.2, 0.25) is 0 Å². The largest absolute Gasteiger partial charge is 0.368 e. The summed E-state index contributed by atoms with van der Waals surface area (Å²) in [6, 6.07) is 6.39. The van der Waals surface area contributed by atoms with E-state index in [4.69, 9.17) is 0 Å². The van der Waals surface area contributed by atoms with Crippen LogP contribution >= 0.6 is 0 Å². The zero-order chi connectivity index (χ0) is 18.9. The lowest BCUT2D eigenvalue weighted by molar-refractivity contribution is -0.149. The number of anilines is 1. The number of aryl methyl sites for hydroxylation is 1. The molecular formula is C21H31N3O2. The van der Waals surface area contributed by atoms with Gasteiger partial charge in [0, 0.05) is 45.0 Å². The number of piperazine rings is 1. The van der Waals surface area contributed by atoms with E-state index in [0.29, 0.717) is 39.0 Å². The first-order valence-corrected chi connectivity index (χ1v) is 9.84. The van der Waals surface area contributed by atoms with Gasteiger partial charge in [0.2, 0.25) is 11.8 Å². The van der Waals surface area contributed by atoms with Crippen molar-refractivity contribution in [1.82, 2.24) is 9.80 Å². The molecule has 2 amide bonds. The van der Waals surface area contributed by atoms with Crippen LogP contribution in [-0.4, -0.2) is 60.9 Å². The lowest BCUT2D eigenvalue weighted by atomic mass is 10.0. The summed E-state index contributed by atoms with van der Waals surface area (Å²) in [5.74, 6) is 0.0828. The molecule has 0 spiro atoms. The van der Waals surface area contributed by atoms with Crippen LogP contribution in [0.5, 0.6) is 0 Å². The molecule has 0 N–H and O–H groups in total. The number of amides is 2. The second-order valence-corrected chi connectivity index (χ2v) is 7.56. The Hall–Kier alpha value is -2.04. The monoisotopic (exact) mass is 357 g/mol. The first kappa shape index (κ1) is 18.7. The molecule has 1 aliphatic carbocycles. The first-order chi connectivity index (χ1) is 12.4. The molecule has 5 heteroatoms. The van der Waals surface area contributed by atoms with Crippen LogP contribution in [0.1, 0.15) is 37.8 Å². The van der Waals surface area contributed by atoms with Gasteiger partial charge in [0.25, 0.3) is 0 Å². The maximum atomic E-state index is 13.1. The van der Waals surface area contributed by atoms with Crippen molar-refractivity contribution in [3.05, 3.63) is 29.3 Å². The highest BCUT2D eigenvalue weighted by Crippen LogP contribution is 2.49. The molecule has 5 nitrogen and oxygen atoms in total. The number of hydrogen-bond acceptors (Lipinski definition) is 3. The molecule has 0 atom stereocenters. The summed E-state index contributed by atoms with van der Waals surface area (Å²) in [5.41, 5.74) is 3.11. The van der Waals surface area contributed by atoms with Crippen molar-refractivity contribution in [3.63, 3.8) is 0 Å². The highest BCUT2D eigenvalue weighted by Gasteiger charge is 2.59. The van der Waals surface area contributed by atoms with E-state index in [1.54, 1.807) is 4.90 Å². The van der Waals surface area contributed by atoms with E-state index < -0.39 is 5.41 Å². The summed E-state index contributed by atoms with van der Waals surface area (Å²) in [7, 11) is 0. The van der Waals surface area contributed by atoms with Gasteiger partial charge in [0.15, 0.2) is 0 Å². The average molecular weight is 357 g/mol. The molecule has 0 radical (unpaired) electrons. The van der Waals surface area contributed by atoms with Gasteiger partial charge in [-0.25, -0.2) is 0 Å². The fourth-order valence-corrected chi connectivity index (χ4v) is 3.99. The normalized spacial score (nSPS) is 18.6. The van der Waals surface area contributed by atoms with E-state index >= 15 is 0 Å². The molecule has 0 aromatic heterocycles. The molecule has 26 heavy (non-hydrogen) atoms. The summed E-state index contributed by atoms with van der Waals surface area (Å²) >= 11 is 0. The maximum absolute atomic E-state index is 13.1. The van der Waals surface area contributed by atoms with Crippen molar-refractivity contribution in [2.24, 2.45) is 5.41 Å². The third kappa shape index (κ3) is 3.19. The van der Waals surface area contributed by atoms with Crippen LogP contribution in [0, 0.1) is 19.3 Å². The highest BCUT2D eigenvalue weighted by atomic mass is 16.2. The molecule has 3 rings (SSSR count). The van der Waals surface area contributed by atoms with Gasteiger partial charge >= 0.3 is 0 Å². The highest BCUT2D eigenvalue weighted by molar-refractivity contribution is 6.07. The van der Waals surface area contributed by atoms with Crippen LogP contribution in [-0.2, 0) is 9.59 Å². The third-order valence-corrected chi connectivity index (χ3v) is 6.10. The van der Waals surface area contributed by atoms with Crippen LogP contribution in [0.3, 0.4) is 0 Å². The molecule has 0 bridgehead atoms. The Bertz CT molecular complexity index is 684. The Morgan fingerprint density at radius 2 is 1.65 bits per heavy atom. The number of nitrogens with zero attached hydrogens (tertiary/aromatic N) is 3. The third-order valence-electron chi connectivity index (χ3n) is 6.10. The first-order valence-electron chi connectivity index (χ1n) is 9.84. The number of rotatable bonds is 5. The maximum Gasteiger partial charge on any atom is 0.238 e. The minimum absolute atomic E-state index is 0.0319. The van der Waals surface area contributed by atoms with Gasteiger partial charge < -0.3 is 14.7 Å². The molecule has 1 aliphatic heterocycles. The van der Waals surface area contributed by atoms with Crippen LogP contribution in [0.4, 0.5) is 5.69 Å². The predicted octanol–water partition coefficient (Wildman–Crippen LogP) is 2.60. The summed E-state index contributed by atoms with van der Waals surface area (Å²) < 4.78 is 0. The number of benzene rings is 1. The number of carbonyl (C=O) groups is 2. The lowest BCUT2D eigenvalue weighted by Crippen LogP contribution is -2.53. The Morgan fingerprint density at radius 1 is 1.04 bits per heavy atom. The zero-order valence-electron chi connectivity index (χ0n) is 16.5. The van der Waals surface area contributed by atoms with Crippen LogP contribution < -0.4 is 4.90 Å². The molecule has 2 fully saturated rings. The van der Waals surface area contributed by atoms with Gasteiger partial charge in [0.1, 0.15) is 5.41 Å². The Balaban J connectivity index is 1.66. The van der Waals surface area contributed by atoms with E-state index in [2.05, 4.69) is 36.9 Å². The van der Waals surface area contributed by atoms with E-state index in [-0.39, 0.29) is 11.8 Å². The Labute approximate surface area is 156 Å². The van der Waals surface area contributed by atoms with Crippen molar-refractivity contribution in [3.8, 4) is 0 Å². The average Bonchev–Trinajstić information content (AvgIpc) is 3.46. The predicted molar refractivity (Wildman–Crippen MR) is 104 cm³/mol. The lowest BCUT2D eigenvalue weighted by Gasteiger charge is -2.38. The van der Waals surface area contributed by atoms with Gasteiger partial charge in [-0.3, -0.25) is 9.59 Å². The minimum atomic E-state index is -0.757. The van der Waals surface area contributed by atoms with E-state index in [1.165, 1.54) is 16.8 Å². The zero-order valence-corrected chi connectivity index (χ0v) is 16.5. The summed E-state index contributed by atoms with van der Waals surface area (Å²) in [6.07, 6.45) is 1.41. The Morgan fingerprint density at radius 3 is 2.19 bits per heavy atom. The molecule has 1 heterocycles. The van der Waals surface area contributed by atoms with Crippen molar-refractivity contribution in [1.29, 1.82) is 0 Å². The quantitative estimate of drug-likeness (QED) is 0.761. The summed E-state index contributed by atoms with van der Waals surface area (Å²) in [5, 5.41) is 0. The second-order valence-electron chi connectivity index (χ2n) is 7.56. The van der Waals surface area contributed by atoms with Gasteiger partial charge in [-0.2, -0.15) is 0 Å². The molecule has 2 aliphatic rings. The fourth-order valence-electron chi connectivity index (χ4n) is 3.99. The standard InChI is InChI=1S/C21H31N3O2/c1-5-22(6-2)19(25)21(10-11-21)20(26)24-14-12-23(13-15-24)18-9-7-8-16(3)17(18)4/h7-9H,5-6,10-15H2,1-4H3. The van der Waals surface area contributed by atoms with Crippen LogP contribution in [0.25, 0.3) is 0 Å². The van der Waals surface area contributed by atoms with Crippen molar-refractivity contribution < 1.29 is 9.59 Å². The second kappa shape index (κ2) is 7.29. The minimum Gasteiger partial charge on any atom is -0.368 e. The molecule has 1 saturated carbocycles. The number of carbonyl (C=O) groups excluding carboxylic acids is 2. The van der Waals surface area contributed by atoms with Crippen molar-refractivity contribution in [2.75, 3.05) is 44.2 Å². The molecular weight excluding hydrogens is 326 g/mol. The van der Waals surface area contributed by atoms with Crippen molar-refractivity contribution in [2.45, 2.75) is 40.5 Å². The van der Waals surface area contributed by atoms with Crippen molar-refractivity contribution >= 4 is 17.5 Å². The van der Waals surface area contributed by atoms with Gasteiger partial charge in [-0.05, 0) is 57.7 Å². The molecule has 1 aromatic rings. The molecule has 1 saturated heterocycles. The van der Waals surface area contributed by atoms with Gasteiger partial charge in [-0.1, -0.05) is 12.1 Å². The van der Waals surface area contributed by atoms with Gasteiger partial charge in [-0.15, -0.1) is 0 Å².